The molecule has 1 saturated heterocycles. The number of H-pyrrole nitrogens is 1. The van der Waals surface area contributed by atoms with Crippen molar-refractivity contribution in [2.45, 2.75) is 38.8 Å². The Morgan fingerprint density at radius 1 is 1.17 bits per heavy atom. The molecule has 3 aromatic rings. The number of amides is 2. The molecule has 2 amide bonds. The third kappa shape index (κ3) is 5.05. The number of fused-ring (bicyclic) bond motifs is 1. The van der Waals surface area contributed by atoms with Crippen LogP contribution in [0.1, 0.15) is 47.9 Å². The van der Waals surface area contributed by atoms with Gasteiger partial charge in [0.15, 0.2) is 0 Å². The van der Waals surface area contributed by atoms with E-state index >= 15 is 0 Å². The monoisotopic (exact) mass is 478 g/mol. The van der Waals surface area contributed by atoms with Crippen molar-refractivity contribution in [1.82, 2.24) is 19.8 Å². The lowest BCUT2D eigenvalue weighted by molar-refractivity contribution is -0.130. The predicted molar refractivity (Wildman–Crippen MR) is 130 cm³/mol. The molecule has 4 rings (SSSR count). The van der Waals surface area contributed by atoms with Gasteiger partial charge in [-0.15, -0.1) is 0 Å². The van der Waals surface area contributed by atoms with Crippen molar-refractivity contribution in [3.63, 3.8) is 0 Å². The largest absolute Gasteiger partial charge is 0.487 e. The van der Waals surface area contributed by atoms with Crippen LogP contribution in [0.2, 0.25) is 0 Å². The summed E-state index contributed by atoms with van der Waals surface area (Å²) in [6.07, 6.45) is 3.43. The molecule has 0 unspecified atom stereocenters. The summed E-state index contributed by atoms with van der Waals surface area (Å²) in [5.41, 5.74) is 0.534. The molecule has 0 saturated carbocycles. The molecule has 0 aliphatic carbocycles. The second-order valence-corrected chi connectivity index (χ2v) is 9.36. The summed E-state index contributed by atoms with van der Waals surface area (Å²) in [7, 11) is 0. The Morgan fingerprint density at radius 2 is 1.91 bits per heavy atom. The number of rotatable bonds is 7. The molecule has 1 fully saturated rings. The van der Waals surface area contributed by atoms with Crippen molar-refractivity contribution in [2.24, 2.45) is 0 Å². The third-order valence-corrected chi connectivity index (χ3v) is 6.27. The van der Waals surface area contributed by atoms with Crippen LogP contribution in [0, 0.1) is 0 Å². The number of ketones is 1. The van der Waals surface area contributed by atoms with Crippen LogP contribution < -0.4 is 4.74 Å². The highest BCUT2D eigenvalue weighted by molar-refractivity contribution is 6.45. The van der Waals surface area contributed by atoms with Crippen molar-refractivity contribution in [1.29, 1.82) is 0 Å². The quantitative estimate of drug-likeness (QED) is 0.398. The van der Waals surface area contributed by atoms with Crippen LogP contribution in [0.15, 0.2) is 48.8 Å². The van der Waals surface area contributed by atoms with Crippen LogP contribution in [0.3, 0.4) is 0 Å². The summed E-state index contributed by atoms with van der Waals surface area (Å²) < 4.78 is 6.09. The number of hydrogen-bond donors (Lipinski definition) is 2. The normalized spacial score (nSPS) is 16.4. The van der Waals surface area contributed by atoms with Crippen molar-refractivity contribution in [2.75, 3.05) is 26.2 Å². The van der Waals surface area contributed by atoms with Crippen molar-refractivity contribution >= 4 is 28.6 Å². The Hall–Kier alpha value is -3.72. The smallest absolute Gasteiger partial charge is 0.295 e. The van der Waals surface area contributed by atoms with Gasteiger partial charge in [0.1, 0.15) is 17.0 Å². The number of nitrogens with one attached hydrogen (secondary N) is 1. The molecule has 1 aromatic carbocycles. The van der Waals surface area contributed by atoms with E-state index < -0.39 is 17.3 Å². The predicted octanol–water partition coefficient (Wildman–Crippen LogP) is 2.66. The number of carbonyl (C=O) groups excluding carboxylic acids is 3. The van der Waals surface area contributed by atoms with Gasteiger partial charge in [-0.05, 0) is 39.0 Å². The van der Waals surface area contributed by atoms with Gasteiger partial charge < -0.3 is 24.6 Å². The first kappa shape index (κ1) is 24.4. The van der Waals surface area contributed by atoms with E-state index in [0.717, 1.165) is 0 Å². The fraction of sp³-hybridized carbons (Fsp3) is 0.385. The SMILES string of the molecule is C[C@@H]1CN(C(=O)c2ccccc2)CCN1C(=O)C(=O)c1c[nH]c2nccc(OC(C)(C)CCO)c12. The molecule has 184 valence electrons. The van der Waals surface area contributed by atoms with Crippen molar-refractivity contribution < 1.29 is 24.2 Å². The fourth-order valence-electron chi connectivity index (χ4n) is 4.36. The van der Waals surface area contributed by atoms with E-state index in [1.165, 1.54) is 11.1 Å². The number of pyridine rings is 1. The van der Waals surface area contributed by atoms with E-state index in [-0.39, 0.29) is 30.7 Å². The molecular formula is C26H30N4O5. The molecule has 0 radical (unpaired) electrons. The number of nitrogens with zero attached hydrogens (tertiary/aromatic N) is 3. The number of Topliss-reactive ketones (excluding diaryl/α,β-unsaturated/α-hetero) is 1. The Balaban J connectivity index is 1.53. The molecule has 2 N–H and O–H groups in total. The third-order valence-electron chi connectivity index (χ3n) is 6.27. The van der Waals surface area contributed by atoms with Crippen LogP contribution >= 0.6 is 0 Å². The Bertz CT molecular complexity index is 1240. The van der Waals surface area contributed by atoms with Crippen LogP contribution in [-0.4, -0.2) is 80.4 Å². The Morgan fingerprint density at radius 3 is 2.60 bits per heavy atom. The minimum Gasteiger partial charge on any atom is -0.487 e. The van der Waals surface area contributed by atoms with Gasteiger partial charge in [0.25, 0.3) is 17.6 Å². The van der Waals surface area contributed by atoms with E-state index in [1.807, 2.05) is 39.0 Å². The van der Waals surface area contributed by atoms with Gasteiger partial charge in [-0.3, -0.25) is 14.4 Å². The summed E-state index contributed by atoms with van der Waals surface area (Å²) in [5, 5.41) is 9.76. The summed E-state index contributed by atoms with van der Waals surface area (Å²) >= 11 is 0. The number of aliphatic hydroxyl groups is 1. The summed E-state index contributed by atoms with van der Waals surface area (Å²) in [5.74, 6) is -0.971. The molecule has 1 aliphatic rings. The average Bonchev–Trinajstić information content (AvgIpc) is 3.28. The number of benzene rings is 1. The second-order valence-electron chi connectivity index (χ2n) is 9.36. The number of hydrogen-bond acceptors (Lipinski definition) is 6. The van der Waals surface area contributed by atoms with Gasteiger partial charge in [-0.2, -0.15) is 0 Å². The van der Waals surface area contributed by atoms with Gasteiger partial charge in [-0.1, -0.05) is 18.2 Å². The van der Waals surface area contributed by atoms with Gasteiger partial charge in [0, 0.05) is 56.7 Å². The summed E-state index contributed by atoms with van der Waals surface area (Å²) in [4.78, 5) is 49.8. The molecule has 9 nitrogen and oxygen atoms in total. The van der Waals surface area contributed by atoms with Crippen LogP contribution in [-0.2, 0) is 4.79 Å². The van der Waals surface area contributed by atoms with Crippen LogP contribution in [0.4, 0.5) is 0 Å². The average molecular weight is 479 g/mol. The van der Waals surface area contributed by atoms with Crippen molar-refractivity contribution in [3.8, 4) is 5.75 Å². The highest BCUT2D eigenvalue weighted by Gasteiger charge is 2.35. The van der Waals surface area contributed by atoms with Gasteiger partial charge in [0.2, 0.25) is 0 Å². The number of carbonyl (C=O) groups is 3. The topological polar surface area (TPSA) is 116 Å². The Kier molecular flexibility index (Phi) is 6.88. The number of aliphatic hydroxyl groups excluding tert-OH is 1. The molecule has 3 heterocycles. The van der Waals surface area contributed by atoms with Crippen LogP contribution in [0.5, 0.6) is 5.75 Å². The maximum absolute atomic E-state index is 13.3. The highest BCUT2D eigenvalue weighted by Crippen LogP contribution is 2.31. The lowest BCUT2D eigenvalue weighted by Gasteiger charge is -2.39. The highest BCUT2D eigenvalue weighted by atomic mass is 16.5. The first-order chi connectivity index (χ1) is 16.7. The molecule has 2 aromatic heterocycles. The maximum atomic E-state index is 13.3. The van der Waals surface area contributed by atoms with E-state index in [2.05, 4.69) is 9.97 Å². The molecule has 1 aliphatic heterocycles. The number of piperazine rings is 1. The van der Waals surface area contributed by atoms with E-state index in [1.54, 1.807) is 29.3 Å². The van der Waals surface area contributed by atoms with Gasteiger partial charge in [-0.25, -0.2) is 4.98 Å². The van der Waals surface area contributed by atoms with Crippen LogP contribution in [0.25, 0.3) is 11.0 Å². The zero-order chi connectivity index (χ0) is 25.2. The summed E-state index contributed by atoms with van der Waals surface area (Å²) in [6.45, 7) is 6.41. The molecule has 35 heavy (non-hydrogen) atoms. The number of aromatic amines is 1. The minimum atomic E-state index is -0.680. The van der Waals surface area contributed by atoms with Crippen molar-refractivity contribution in [3.05, 3.63) is 59.9 Å². The standard InChI is InChI=1S/C26H30N4O5/c1-17-16-29(24(33)18-7-5-4-6-8-18)12-13-30(17)25(34)22(32)19-15-28-23-21(19)20(9-11-27-23)35-26(2,3)10-14-31/h4-9,11,15,17,31H,10,12-14,16H2,1-3H3,(H,27,28)/t17-/m1/s1. The lowest BCUT2D eigenvalue weighted by atomic mass is 10.0. The zero-order valence-electron chi connectivity index (χ0n) is 20.2. The molecule has 9 heteroatoms. The first-order valence-electron chi connectivity index (χ1n) is 11.7. The van der Waals surface area contributed by atoms with E-state index in [4.69, 9.17) is 4.74 Å². The Labute approximate surface area is 203 Å². The number of aromatic nitrogens is 2. The summed E-state index contributed by atoms with van der Waals surface area (Å²) in [6, 6.07) is 10.3. The van der Waals surface area contributed by atoms with E-state index in [9.17, 15) is 19.5 Å². The second kappa shape index (κ2) is 9.87. The number of ether oxygens (including phenoxy) is 1. The first-order valence-corrected chi connectivity index (χ1v) is 11.7. The molecule has 1 atom stereocenters. The molecule has 0 spiro atoms. The minimum absolute atomic E-state index is 0.0464. The fourth-order valence-corrected chi connectivity index (χ4v) is 4.36. The maximum Gasteiger partial charge on any atom is 0.295 e. The lowest BCUT2D eigenvalue weighted by Crippen LogP contribution is -2.56. The molecule has 0 bridgehead atoms. The van der Waals surface area contributed by atoms with E-state index in [0.29, 0.717) is 41.9 Å². The van der Waals surface area contributed by atoms with Gasteiger partial charge >= 0.3 is 0 Å². The molecular weight excluding hydrogens is 448 g/mol. The van der Waals surface area contributed by atoms with Gasteiger partial charge in [0.05, 0.1) is 10.9 Å². The zero-order valence-corrected chi connectivity index (χ0v) is 20.2.